The highest BCUT2D eigenvalue weighted by molar-refractivity contribution is 5.66. The smallest absolute Gasteiger partial charge is 0.391 e. The van der Waals surface area contributed by atoms with Gasteiger partial charge in [0.2, 0.25) is 0 Å². The molecule has 0 aromatic carbocycles. The predicted molar refractivity (Wildman–Crippen MR) is 56.6 cm³/mol. The minimum absolute atomic E-state index is 0.00934. The summed E-state index contributed by atoms with van der Waals surface area (Å²) in [5, 5.41) is 11.3. The number of carboxylic acid groups (broad SMARTS) is 1. The number of hydrogen-bond acceptors (Lipinski definition) is 2. The predicted octanol–water partition coefficient (Wildman–Crippen LogP) is 2.42. The van der Waals surface area contributed by atoms with Crippen molar-refractivity contribution in [3.05, 3.63) is 0 Å². The molecule has 0 aromatic rings. The lowest BCUT2D eigenvalue weighted by atomic mass is 9.81. The Kier molecular flexibility index (Phi) is 5.24. The Morgan fingerprint density at radius 3 is 2.65 bits per heavy atom. The molecule has 17 heavy (non-hydrogen) atoms. The molecule has 0 saturated heterocycles. The molecule has 0 heterocycles. The number of carboxylic acids is 1. The molecule has 100 valence electrons. The third-order valence-corrected chi connectivity index (χ3v) is 3.19. The van der Waals surface area contributed by atoms with E-state index in [4.69, 9.17) is 5.11 Å². The highest BCUT2D eigenvalue weighted by Gasteiger charge is 2.41. The first-order valence-corrected chi connectivity index (χ1v) is 5.89. The van der Waals surface area contributed by atoms with E-state index < -0.39 is 18.1 Å². The van der Waals surface area contributed by atoms with E-state index in [9.17, 15) is 18.0 Å². The van der Waals surface area contributed by atoms with Crippen LogP contribution in [-0.2, 0) is 4.79 Å². The molecule has 1 fully saturated rings. The van der Waals surface area contributed by atoms with Gasteiger partial charge < -0.3 is 10.4 Å². The third-order valence-electron chi connectivity index (χ3n) is 3.19. The third kappa shape index (κ3) is 5.39. The molecule has 0 aromatic heterocycles. The summed E-state index contributed by atoms with van der Waals surface area (Å²) in [5.41, 5.74) is 0. The van der Waals surface area contributed by atoms with Crippen molar-refractivity contribution in [2.45, 2.75) is 38.3 Å². The fourth-order valence-corrected chi connectivity index (χ4v) is 2.28. The summed E-state index contributed by atoms with van der Waals surface area (Å²) in [6, 6.07) is 0. The van der Waals surface area contributed by atoms with Crippen LogP contribution in [0.2, 0.25) is 0 Å². The van der Waals surface area contributed by atoms with Crippen LogP contribution >= 0.6 is 0 Å². The zero-order valence-corrected chi connectivity index (χ0v) is 9.59. The van der Waals surface area contributed by atoms with E-state index in [2.05, 4.69) is 5.32 Å². The molecule has 3 nitrogen and oxygen atoms in total. The van der Waals surface area contributed by atoms with Crippen molar-refractivity contribution in [1.82, 2.24) is 5.32 Å². The Bertz CT molecular complexity index is 256. The van der Waals surface area contributed by atoms with Crippen LogP contribution in [0.5, 0.6) is 0 Å². The zero-order chi connectivity index (χ0) is 12.9. The lowest BCUT2D eigenvalue weighted by Gasteiger charge is -2.30. The van der Waals surface area contributed by atoms with Gasteiger partial charge in [0.25, 0.3) is 0 Å². The van der Waals surface area contributed by atoms with Gasteiger partial charge in [-0.1, -0.05) is 6.42 Å². The van der Waals surface area contributed by atoms with Crippen LogP contribution in [0.1, 0.15) is 32.1 Å². The Morgan fingerprint density at radius 1 is 1.35 bits per heavy atom. The second kappa shape index (κ2) is 6.23. The van der Waals surface area contributed by atoms with Crippen molar-refractivity contribution in [1.29, 1.82) is 0 Å². The fourth-order valence-electron chi connectivity index (χ4n) is 2.28. The van der Waals surface area contributed by atoms with Crippen molar-refractivity contribution < 1.29 is 23.1 Å². The number of alkyl halides is 3. The summed E-state index contributed by atoms with van der Waals surface area (Å²) < 4.78 is 37.5. The average Bonchev–Trinajstić information content (AvgIpc) is 2.23. The summed E-state index contributed by atoms with van der Waals surface area (Å²) >= 11 is 0. The van der Waals surface area contributed by atoms with Gasteiger partial charge in [0.15, 0.2) is 0 Å². The molecule has 2 unspecified atom stereocenters. The molecular formula is C11H18F3NO2. The van der Waals surface area contributed by atoms with Crippen LogP contribution in [0.4, 0.5) is 13.2 Å². The highest BCUT2D eigenvalue weighted by atomic mass is 19.4. The molecule has 0 aliphatic heterocycles. The minimum Gasteiger partial charge on any atom is -0.481 e. The standard InChI is InChI=1S/C11H18F3NO2/c12-11(13,14)9-3-1-2-8(6-9)7-15-5-4-10(16)17/h8-9,15H,1-7H2,(H,16,17). The van der Waals surface area contributed by atoms with E-state index in [1.54, 1.807) is 0 Å². The number of nitrogens with one attached hydrogen (secondary N) is 1. The molecule has 1 aliphatic rings. The molecule has 0 bridgehead atoms. The van der Waals surface area contributed by atoms with Crippen LogP contribution in [-0.4, -0.2) is 30.3 Å². The number of carbonyl (C=O) groups is 1. The van der Waals surface area contributed by atoms with Gasteiger partial charge in [0, 0.05) is 6.54 Å². The maximum atomic E-state index is 12.5. The molecule has 0 amide bonds. The number of rotatable bonds is 5. The summed E-state index contributed by atoms with van der Waals surface area (Å²) in [5.74, 6) is -2.05. The lowest BCUT2D eigenvalue weighted by Crippen LogP contribution is -2.33. The molecule has 1 saturated carbocycles. The van der Waals surface area contributed by atoms with Gasteiger partial charge in [-0.25, -0.2) is 0 Å². The molecule has 1 aliphatic carbocycles. The van der Waals surface area contributed by atoms with Crippen LogP contribution in [0, 0.1) is 11.8 Å². The van der Waals surface area contributed by atoms with Crippen molar-refractivity contribution >= 4 is 5.97 Å². The molecule has 2 N–H and O–H groups in total. The van der Waals surface area contributed by atoms with Gasteiger partial charge in [-0.3, -0.25) is 4.79 Å². The largest absolute Gasteiger partial charge is 0.481 e. The first-order chi connectivity index (χ1) is 7.89. The van der Waals surface area contributed by atoms with Crippen LogP contribution in [0.25, 0.3) is 0 Å². The van der Waals surface area contributed by atoms with Gasteiger partial charge in [-0.05, 0) is 31.7 Å². The average molecular weight is 253 g/mol. The van der Waals surface area contributed by atoms with Gasteiger partial charge in [0.1, 0.15) is 0 Å². The quantitative estimate of drug-likeness (QED) is 0.740. The molecule has 0 spiro atoms. The van der Waals surface area contributed by atoms with E-state index in [1.165, 1.54) is 0 Å². The van der Waals surface area contributed by atoms with Gasteiger partial charge in [0.05, 0.1) is 12.3 Å². The van der Waals surface area contributed by atoms with Gasteiger partial charge in [-0.15, -0.1) is 0 Å². The van der Waals surface area contributed by atoms with Gasteiger partial charge >= 0.3 is 12.1 Å². The number of halogens is 3. The highest BCUT2D eigenvalue weighted by Crippen LogP contribution is 2.39. The van der Waals surface area contributed by atoms with Crippen LogP contribution < -0.4 is 5.32 Å². The SMILES string of the molecule is O=C(O)CCNCC1CCCC(C(F)(F)F)C1. The maximum absolute atomic E-state index is 12.5. The Hall–Kier alpha value is -0.780. The summed E-state index contributed by atoms with van der Waals surface area (Å²) in [6.45, 7) is 0.808. The Labute approximate surface area is 98.4 Å². The lowest BCUT2D eigenvalue weighted by molar-refractivity contribution is -0.185. The molecule has 6 heteroatoms. The van der Waals surface area contributed by atoms with Crippen LogP contribution in [0.3, 0.4) is 0 Å². The molecule has 0 radical (unpaired) electrons. The van der Waals surface area contributed by atoms with E-state index >= 15 is 0 Å². The van der Waals surface area contributed by atoms with Gasteiger partial charge in [-0.2, -0.15) is 13.2 Å². The van der Waals surface area contributed by atoms with E-state index in [-0.39, 0.29) is 25.2 Å². The first-order valence-electron chi connectivity index (χ1n) is 5.89. The summed E-state index contributed by atoms with van der Waals surface area (Å²) in [7, 11) is 0. The minimum atomic E-state index is -4.08. The monoisotopic (exact) mass is 253 g/mol. The summed E-state index contributed by atoms with van der Waals surface area (Å²) in [6.07, 6.45) is -2.27. The molecule has 2 atom stereocenters. The van der Waals surface area contributed by atoms with E-state index in [1.807, 2.05) is 0 Å². The zero-order valence-electron chi connectivity index (χ0n) is 9.59. The number of hydrogen-bond donors (Lipinski definition) is 2. The Morgan fingerprint density at radius 2 is 2.06 bits per heavy atom. The topological polar surface area (TPSA) is 49.3 Å². The van der Waals surface area contributed by atoms with Crippen molar-refractivity contribution in [3.8, 4) is 0 Å². The van der Waals surface area contributed by atoms with E-state index in [0.717, 1.165) is 6.42 Å². The van der Waals surface area contributed by atoms with Crippen LogP contribution in [0.15, 0.2) is 0 Å². The van der Waals surface area contributed by atoms with Crippen molar-refractivity contribution in [2.24, 2.45) is 11.8 Å². The van der Waals surface area contributed by atoms with E-state index in [0.29, 0.717) is 19.5 Å². The second-order valence-corrected chi connectivity index (χ2v) is 4.62. The second-order valence-electron chi connectivity index (χ2n) is 4.62. The maximum Gasteiger partial charge on any atom is 0.391 e. The van der Waals surface area contributed by atoms with Crippen molar-refractivity contribution in [2.75, 3.05) is 13.1 Å². The molecular weight excluding hydrogens is 235 g/mol. The van der Waals surface area contributed by atoms with Crippen molar-refractivity contribution in [3.63, 3.8) is 0 Å². The Balaban J connectivity index is 2.23. The normalized spacial score (nSPS) is 25.8. The number of aliphatic carboxylic acids is 1. The molecule has 1 rings (SSSR count). The first kappa shape index (κ1) is 14.3. The fraction of sp³-hybridized carbons (Fsp3) is 0.909. The summed E-state index contributed by atoms with van der Waals surface area (Å²) in [4.78, 5) is 10.2.